The number of benzene rings is 2. The van der Waals surface area contributed by atoms with Crippen molar-refractivity contribution in [1.82, 2.24) is 9.13 Å². The standard InChI is InChI=1S/C22H22N2/c1-13-19-15-9-5-7-11-17(15)24(4)22(19)14(2)20-16-10-6-8-12-18(16)23(3)21(13)20/h5-14H,1-4H3/t13-,14-/m1/s1. The molecule has 2 aromatic heterocycles. The summed E-state index contributed by atoms with van der Waals surface area (Å²) in [6.07, 6.45) is 0. The summed E-state index contributed by atoms with van der Waals surface area (Å²) >= 11 is 0. The van der Waals surface area contributed by atoms with Crippen LogP contribution in [-0.2, 0) is 14.1 Å². The van der Waals surface area contributed by atoms with Gasteiger partial charge in [0.1, 0.15) is 0 Å². The molecule has 0 unspecified atom stereocenters. The Morgan fingerprint density at radius 3 is 1.42 bits per heavy atom. The van der Waals surface area contributed by atoms with Gasteiger partial charge in [-0.1, -0.05) is 50.2 Å². The maximum Gasteiger partial charge on any atom is 0.0483 e. The lowest BCUT2D eigenvalue weighted by atomic mass is 9.78. The number of para-hydroxylation sites is 2. The molecule has 1 aliphatic rings. The fourth-order valence-corrected chi connectivity index (χ4v) is 5.12. The minimum atomic E-state index is 0.412. The molecule has 0 spiro atoms. The first-order valence-electron chi connectivity index (χ1n) is 8.75. The largest absolute Gasteiger partial charge is 0.347 e. The van der Waals surface area contributed by atoms with Crippen LogP contribution in [0.4, 0.5) is 0 Å². The van der Waals surface area contributed by atoms with Crippen LogP contribution in [0.5, 0.6) is 0 Å². The average Bonchev–Trinajstić information content (AvgIpc) is 3.07. The summed E-state index contributed by atoms with van der Waals surface area (Å²) in [7, 11) is 4.45. The molecule has 5 rings (SSSR count). The molecule has 2 heterocycles. The molecule has 0 fully saturated rings. The van der Waals surface area contributed by atoms with Gasteiger partial charge < -0.3 is 9.13 Å². The Morgan fingerprint density at radius 2 is 1.00 bits per heavy atom. The second-order valence-electron chi connectivity index (χ2n) is 7.19. The highest BCUT2D eigenvalue weighted by atomic mass is 15.0. The number of rotatable bonds is 0. The number of aryl methyl sites for hydroxylation is 2. The SMILES string of the molecule is C[C@@H]1c2c(n(C)c3ccccc23)[C@H](C)c2c1n(C)c1ccccc21. The van der Waals surface area contributed by atoms with Gasteiger partial charge in [0.05, 0.1) is 0 Å². The zero-order valence-corrected chi connectivity index (χ0v) is 14.7. The molecule has 0 amide bonds. The maximum absolute atomic E-state index is 2.41. The monoisotopic (exact) mass is 314 g/mol. The summed E-state index contributed by atoms with van der Waals surface area (Å²) in [5.41, 5.74) is 8.68. The van der Waals surface area contributed by atoms with Gasteiger partial charge in [0.15, 0.2) is 0 Å². The van der Waals surface area contributed by atoms with Crippen LogP contribution in [0.2, 0.25) is 0 Å². The Morgan fingerprint density at radius 1 is 0.625 bits per heavy atom. The molecule has 2 atom stereocenters. The Labute approximate surface area is 142 Å². The molecule has 0 bridgehead atoms. The summed E-state index contributed by atoms with van der Waals surface area (Å²) in [4.78, 5) is 0. The van der Waals surface area contributed by atoms with Crippen LogP contribution in [0.1, 0.15) is 48.2 Å². The fraction of sp³-hybridized carbons (Fsp3) is 0.273. The molecule has 2 aromatic carbocycles. The smallest absolute Gasteiger partial charge is 0.0483 e. The van der Waals surface area contributed by atoms with Crippen LogP contribution in [0, 0.1) is 0 Å². The van der Waals surface area contributed by atoms with Gasteiger partial charge in [0, 0.05) is 59.1 Å². The number of nitrogens with zero attached hydrogens (tertiary/aromatic N) is 2. The van der Waals surface area contributed by atoms with E-state index >= 15 is 0 Å². The third-order valence-corrected chi connectivity index (χ3v) is 6.07. The van der Waals surface area contributed by atoms with E-state index in [-0.39, 0.29) is 0 Å². The van der Waals surface area contributed by atoms with Crippen molar-refractivity contribution in [1.29, 1.82) is 0 Å². The Balaban J connectivity index is 1.94. The molecule has 0 aliphatic heterocycles. The van der Waals surface area contributed by atoms with Gasteiger partial charge in [0.2, 0.25) is 0 Å². The van der Waals surface area contributed by atoms with E-state index in [1.165, 1.54) is 44.3 Å². The Kier molecular flexibility index (Phi) is 2.63. The molecule has 4 aromatic rings. The van der Waals surface area contributed by atoms with Crippen molar-refractivity contribution >= 4 is 21.8 Å². The van der Waals surface area contributed by atoms with Gasteiger partial charge in [-0.05, 0) is 23.3 Å². The second kappa shape index (κ2) is 4.54. The van der Waals surface area contributed by atoms with Crippen LogP contribution in [-0.4, -0.2) is 9.13 Å². The Bertz CT molecular complexity index is 1020. The molecule has 2 nitrogen and oxygen atoms in total. The van der Waals surface area contributed by atoms with E-state index in [1.807, 2.05) is 0 Å². The molecule has 1 aliphatic carbocycles. The van der Waals surface area contributed by atoms with Crippen LogP contribution in [0.3, 0.4) is 0 Å². The summed E-state index contributed by atoms with van der Waals surface area (Å²) in [6.45, 7) is 4.74. The zero-order valence-electron chi connectivity index (χ0n) is 14.7. The molecule has 0 saturated carbocycles. The minimum Gasteiger partial charge on any atom is -0.347 e. The molecule has 0 N–H and O–H groups in total. The van der Waals surface area contributed by atoms with Gasteiger partial charge in [-0.25, -0.2) is 0 Å². The molecular formula is C22H22N2. The highest BCUT2D eigenvalue weighted by Gasteiger charge is 2.36. The quantitative estimate of drug-likeness (QED) is 0.417. The van der Waals surface area contributed by atoms with Gasteiger partial charge in [0.25, 0.3) is 0 Å². The normalized spacial score (nSPS) is 19.7. The number of hydrogen-bond acceptors (Lipinski definition) is 0. The van der Waals surface area contributed by atoms with Crippen LogP contribution in [0.15, 0.2) is 48.5 Å². The van der Waals surface area contributed by atoms with Crippen molar-refractivity contribution in [2.75, 3.05) is 0 Å². The van der Waals surface area contributed by atoms with Gasteiger partial charge in [-0.3, -0.25) is 0 Å². The minimum absolute atomic E-state index is 0.412. The van der Waals surface area contributed by atoms with Gasteiger partial charge in [-0.2, -0.15) is 0 Å². The van der Waals surface area contributed by atoms with Crippen LogP contribution >= 0.6 is 0 Å². The van der Waals surface area contributed by atoms with E-state index in [0.717, 1.165) is 0 Å². The second-order valence-corrected chi connectivity index (χ2v) is 7.19. The van der Waals surface area contributed by atoms with Crippen molar-refractivity contribution in [2.45, 2.75) is 25.7 Å². The van der Waals surface area contributed by atoms with Crippen LogP contribution < -0.4 is 0 Å². The van der Waals surface area contributed by atoms with Crippen LogP contribution in [0.25, 0.3) is 21.8 Å². The number of hydrogen-bond donors (Lipinski definition) is 0. The van der Waals surface area contributed by atoms with Crippen molar-refractivity contribution in [3.05, 3.63) is 71.0 Å². The van der Waals surface area contributed by atoms with Gasteiger partial charge in [-0.15, -0.1) is 0 Å². The van der Waals surface area contributed by atoms with E-state index in [2.05, 4.69) is 85.6 Å². The van der Waals surface area contributed by atoms with E-state index in [4.69, 9.17) is 0 Å². The lowest BCUT2D eigenvalue weighted by Crippen LogP contribution is -2.17. The molecule has 0 radical (unpaired) electrons. The summed E-state index contributed by atoms with van der Waals surface area (Å²) < 4.78 is 4.83. The topological polar surface area (TPSA) is 9.86 Å². The average molecular weight is 314 g/mol. The highest BCUT2D eigenvalue weighted by molar-refractivity contribution is 5.92. The summed E-state index contributed by atoms with van der Waals surface area (Å²) in [5.74, 6) is 0.824. The summed E-state index contributed by atoms with van der Waals surface area (Å²) in [6, 6.07) is 17.7. The predicted octanol–water partition coefficient (Wildman–Crippen LogP) is 5.29. The predicted molar refractivity (Wildman–Crippen MR) is 101 cm³/mol. The number of aromatic nitrogens is 2. The zero-order chi connectivity index (χ0) is 16.6. The first-order chi connectivity index (χ1) is 11.6. The highest BCUT2D eigenvalue weighted by Crippen LogP contribution is 2.49. The van der Waals surface area contributed by atoms with E-state index < -0.39 is 0 Å². The first kappa shape index (κ1) is 13.9. The summed E-state index contributed by atoms with van der Waals surface area (Å²) in [5, 5.41) is 2.82. The van der Waals surface area contributed by atoms with Crippen molar-refractivity contribution in [2.24, 2.45) is 14.1 Å². The maximum atomic E-state index is 2.41. The van der Waals surface area contributed by atoms with E-state index in [1.54, 1.807) is 0 Å². The first-order valence-corrected chi connectivity index (χ1v) is 8.75. The molecule has 2 heteroatoms. The van der Waals surface area contributed by atoms with E-state index in [0.29, 0.717) is 11.8 Å². The lowest BCUT2D eigenvalue weighted by Gasteiger charge is -2.28. The molecule has 0 saturated heterocycles. The van der Waals surface area contributed by atoms with Gasteiger partial charge >= 0.3 is 0 Å². The third kappa shape index (κ3) is 1.47. The molecule has 120 valence electrons. The third-order valence-electron chi connectivity index (χ3n) is 6.07. The van der Waals surface area contributed by atoms with Crippen molar-refractivity contribution < 1.29 is 0 Å². The lowest BCUT2D eigenvalue weighted by molar-refractivity contribution is 0.679. The number of fused-ring (bicyclic) bond motifs is 6. The van der Waals surface area contributed by atoms with Crippen molar-refractivity contribution in [3.8, 4) is 0 Å². The molecular weight excluding hydrogens is 292 g/mol. The van der Waals surface area contributed by atoms with Crippen molar-refractivity contribution in [3.63, 3.8) is 0 Å². The Hall–Kier alpha value is -2.48. The molecule has 24 heavy (non-hydrogen) atoms. The fourth-order valence-electron chi connectivity index (χ4n) is 5.12. The van der Waals surface area contributed by atoms with E-state index in [9.17, 15) is 0 Å².